The fourth-order valence-corrected chi connectivity index (χ4v) is 3.44. The summed E-state index contributed by atoms with van der Waals surface area (Å²) in [6.45, 7) is -0.904. The van der Waals surface area contributed by atoms with Gasteiger partial charge in [0.05, 0.1) is 16.7 Å². The summed E-state index contributed by atoms with van der Waals surface area (Å²) in [6, 6.07) is 27.4. The van der Waals surface area contributed by atoms with Crippen molar-refractivity contribution in [1.29, 1.82) is 0 Å². The van der Waals surface area contributed by atoms with Gasteiger partial charge in [-0.3, -0.25) is 0 Å². The average molecular weight is 481 g/mol. The van der Waals surface area contributed by atoms with Crippen molar-refractivity contribution < 1.29 is 28.6 Å². The van der Waals surface area contributed by atoms with Crippen LogP contribution in [0.5, 0.6) is 0 Å². The molecule has 1 heterocycles. The van der Waals surface area contributed by atoms with Gasteiger partial charge in [-0.15, -0.1) is 0 Å². The normalized spacial score (nSPS) is 18.7. The average Bonchev–Trinajstić information content (AvgIpc) is 2.92. The van der Waals surface area contributed by atoms with E-state index in [4.69, 9.17) is 14.2 Å². The highest BCUT2D eigenvalue weighted by molar-refractivity contribution is 5.99. The molecule has 0 amide bonds. The molecule has 1 aliphatic heterocycles. The Morgan fingerprint density at radius 1 is 0.417 bits per heavy atom. The maximum atomic E-state index is 12.9. The van der Waals surface area contributed by atoms with E-state index in [1.165, 1.54) is 0 Å². The first-order valence-electron chi connectivity index (χ1n) is 11.4. The summed E-state index contributed by atoms with van der Waals surface area (Å²) in [7, 11) is 0. The van der Waals surface area contributed by atoms with Gasteiger partial charge in [0.15, 0.2) is 0 Å². The van der Waals surface area contributed by atoms with Crippen LogP contribution in [0.4, 0.5) is 0 Å². The lowest BCUT2D eigenvalue weighted by molar-refractivity contribution is -0.145. The van der Waals surface area contributed by atoms with Gasteiger partial charge in [-0.25, -0.2) is 14.4 Å². The molecule has 0 spiro atoms. The standard InChI is InChI=1S/C30H24O6/c31-28-25(16-22-10-4-1-5-11-22)19-34-29(32)27(18-24-14-8-3-9-15-24)21-36-30(33)26(20-35-28)17-23-12-6-2-7-13-23/h1-18H,19-21H2/b25-16+,26-17+,27-18+. The summed E-state index contributed by atoms with van der Waals surface area (Å²) in [5, 5.41) is 0. The molecule has 1 fully saturated rings. The van der Waals surface area contributed by atoms with Gasteiger partial charge in [0.1, 0.15) is 19.8 Å². The molecule has 1 aliphatic rings. The Kier molecular flexibility index (Phi) is 8.22. The summed E-state index contributed by atoms with van der Waals surface area (Å²) >= 11 is 0. The Hall–Kier alpha value is -4.71. The predicted octanol–water partition coefficient (Wildman–Crippen LogP) is 4.88. The molecule has 0 aromatic heterocycles. The van der Waals surface area contributed by atoms with Crippen LogP contribution in [0.25, 0.3) is 18.2 Å². The van der Waals surface area contributed by atoms with E-state index < -0.39 is 17.9 Å². The topological polar surface area (TPSA) is 78.9 Å². The minimum Gasteiger partial charge on any atom is -0.457 e. The van der Waals surface area contributed by atoms with Crippen molar-refractivity contribution in [2.75, 3.05) is 19.8 Å². The van der Waals surface area contributed by atoms with E-state index in [1.807, 2.05) is 91.0 Å². The van der Waals surface area contributed by atoms with Crippen LogP contribution < -0.4 is 0 Å². The number of ether oxygens (including phenoxy) is 3. The zero-order valence-corrected chi connectivity index (χ0v) is 19.5. The second-order valence-corrected chi connectivity index (χ2v) is 7.97. The molecule has 0 saturated carbocycles. The van der Waals surface area contributed by atoms with Crippen LogP contribution in [-0.2, 0) is 28.6 Å². The minimum absolute atomic E-state index is 0.140. The third-order valence-corrected chi connectivity index (χ3v) is 5.28. The Labute approximate surface area is 209 Å². The minimum atomic E-state index is -0.701. The molecule has 0 aliphatic carbocycles. The van der Waals surface area contributed by atoms with Crippen LogP contribution in [0.2, 0.25) is 0 Å². The predicted molar refractivity (Wildman–Crippen MR) is 136 cm³/mol. The number of hydrogen-bond acceptors (Lipinski definition) is 6. The van der Waals surface area contributed by atoms with Crippen molar-refractivity contribution in [2.45, 2.75) is 0 Å². The number of hydrogen-bond donors (Lipinski definition) is 0. The summed E-state index contributed by atoms with van der Waals surface area (Å²) in [4.78, 5) is 38.8. The fourth-order valence-electron chi connectivity index (χ4n) is 3.44. The number of cyclic esters (lactones) is 3. The van der Waals surface area contributed by atoms with Gasteiger partial charge in [0.25, 0.3) is 0 Å². The van der Waals surface area contributed by atoms with E-state index in [0.717, 1.165) is 16.7 Å². The molecule has 3 aromatic rings. The molecular weight excluding hydrogens is 456 g/mol. The van der Waals surface area contributed by atoms with Crippen molar-refractivity contribution in [1.82, 2.24) is 0 Å². The van der Waals surface area contributed by atoms with E-state index >= 15 is 0 Å². The molecule has 0 bridgehead atoms. The Balaban J connectivity index is 1.69. The number of carbonyl (C=O) groups excluding carboxylic acids is 3. The first-order chi connectivity index (χ1) is 17.6. The first kappa shape index (κ1) is 24.4. The molecule has 0 unspecified atom stereocenters. The van der Waals surface area contributed by atoms with Gasteiger partial charge >= 0.3 is 17.9 Å². The van der Waals surface area contributed by atoms with E-state index in [-0.39, 0.29) is 36.5 Å². The Bertz CT molecular complexity index is 1140. The molecule has 6 nitrogen and oxygen atoms in total. The Morgan fingerprint density at radius 3 is 0.917 bits per heavy atom. The van der Waals surface area contributed by atoms with E-state index in [2.05, 4.69) is 0 Å². The first-order valence-corrected chi connectivity index (χ1v) is 11.4. The van der Waals surface area contributed by atoms with Gasteiger partial charge < -0.3 is 14.2 Å². The van der Waals surface area contributed by atoms with Crippen LogP contribution in [-0.4, -0.2) is 37.7 Å². The van der Waals surface area contributed by atoms with Gasteiger partial charge in [-0.2, -0.15) is 0 Å². The molecule has 3 aromatic carbocycles. The summed E-state index contributed by atoms with van der Waals surface area (Å²) in [5.74, 6) is -2.10. The van der Waals surface area contributed by atoms with E-state index in [9.17, 15) is 14.4 Å². The Morgan fingerprint density at radius 2 is 0.667 bits per heavy atom. The highest BCUT2D eigenvalue weighted by atomic mass is 16.6. The summed E-state index contributed by atoms with van der Waals surface area (Å²) in [5.41, 5.74) is 2.65. The van der Waals surface area contributed by atoms with Crippen LogP contribution >= 0.6 is 0 Å². The van der Waals surface area contributed by atoms with Gasteiger partial charge in [-0.1, -0.05) is 91.0 Å². The molecule has 36 heavy (non-hydrogen) atoms. The largest absolute Gasteiger partial charge is 0.457 e. The highest BCUT2D eigenvalue weighted by Gasteiger charge is 2.23. The van der Waals surface area contributed by atoms with Crippen LogP contribution in [0.15, 0.2) is 108 Å². The maximum Gasteiger partial charge on any atom is 0.337 e. The molecule has 6 heteroatoms. The zero-order chi connectivity index (χ0) is 25.2. The second kappa shape index (κ2) is 12.1. The molecule has 0 radical (unpaired) electrons. The number of rotatable bonds is 3. The van der Waals surface area contributed by atoms with Crippen molar-refractivity contribution >= 4 is 36.1 Å². The second-order valence-electron chi connectivity index (χ2n) is 7.97. The van der Waals surface area contributed by atoms with Crippen molar-refractivity contribution in [3.63, 3.8) is 0 Å². The lowest BCUT2D eigenvalue weighted by Crippen LogP contribution is -2.23. The van der Waals surface area contributed by atoms with Crippen LogP contribution in [0.3, 0.4) is 0 Å². The fraction of sp³-hybridized carbons (Fsp3) is 0.100. The smallest absolute Gasteiger partial charge is 0.337 e. The quantitative estimate of drug-likeness (QED) is 0.302. The number of benzene rings is 3. The van der Waals surface area contributed by atoms with Crippen molar-refractivity contribution in [2.24, 2.45) is 0 Å². The van der Waals surface area contributed by atoms with Gasteiger partial charge in [-0.05, 0) is 34.9 Å². The zero-order valence-electron chi connectivity index (χ0n) is 19.5. The summed E-state index contributed by atoms with van der Waals surface area (Å²) < 4.78 is 16.3. The molecule has 0 atom stereocenters. The van der Waals surface area contributed by atoms with Crippen LogP contribution in [0.1, 0.15) is 16.7 Å². The van der Waals surface area contributed by atoms with E-state index in [0.29, 0.717) is 0 Å². The third-order valence-electron chi connectivity index (χ3n) is 5.28. The molecule has 4 rings (SSSR count). The molecule has 0 N–H and O–H groups in total. The lowest BCUT2D eigenvalue weighted by atomic mass is 10.1. The monoisotopic (exact) mass is 480 g/mol. The highest BCUT2D eigenvalue weighted by Crippen LogP contribution is 2.17. The third kappa shape index (κ3) is 6.90. The van der Waals surface area contributed by atoms with Crippen LogP contribution in [0, 0.1) is 0 Å². The molecular formula is C30H24O6. The van der Waals surface area contributed by atoms with Gasteiger partial charge in [0.2, 0.25) is 0 Å². The maximum absolute atomic E-state index is 12.9. The lowest BCUT2D eigenvalue weighted by Gasteiger charge is -2.15. The van der Waals surface area contributed by atoms with E-state index in [1.54, 1.807) is 18.2 Å². The number of esters is 3. The SMILES string of the molecule is O=C1OC/C(=C\c2ccccc2)C(=O)OC/C(=C\c2ccccc2)C(=O)OC/C1=C\c1ccccc1. The van der Waals surface area contributed by atoms with Crippen molar-refractivity contribution in [3.05, 3.63) is 124 Å². The van der Waals surface area contributed by atoms with Gasteiger partial charge in [0, 0.05) is 0 Å². The van der Waals surface area contributed by atoms with Crippen molar-refractivity contribution in [3.8, 4) is 0 Å². The summed E-state index contributed by atoms with van der Waals surface area (Å²) in [6.07, 6.45) is 4.79. The number of carbonyl (C=O) groups is 3. The molecule has 1 saturated heterocycles. The molecule has 180 valence electrons.